The van der Waals surface area contributed by atoms with Crippen molar-refractivity contribution in [2.75, 3.05) is 7.11 Å². The number of rotatable bonds is 7. The number of phenols is 1. The molecule has 1 amide bonds. The van der Waals surface area contributed by atoms with E-state index in [2.05, 4.69) is 21.6 Å². The summed E-state index contributed by atoms with van der Waals surface area (Å²) in [5.41, 5.74) is 6.18. The minimum absolute atomic E-state index is 0.0369. The summed E-state index contributed by atoms with van der Waals surface area (Å²) in [6.45, 7) is 1.71. The van der Waals surface area contributed by atoms with Gasteiger partial charge in [-0.2, -0.15) is 5.10 Å². The molecule has 4 aromatic rings. The Morgan fingerprint density at radius 3 is 2.66 bits per heavy atom. The molecule has 1 heterocycles. The third-order valence-corrected chi connectivity index (χ3v) is 7.02. The van der Waals surface area contributed by atoms with Crippen molar-refractivity contribution in [3.05, 3.63) is 83.4 Å². The highest BCUT2D eigenvalue weighted by Crippen LogP contribution is 2.31. The van der Waals surface area contributed by atoms with Gasteiger partial charge in [0.15, 0.2) is 4.34 Å². The lowest BCUT2D eigenvalue weighted by atomic mass is 10.1. The molecule has 162 valence electrons. The van der Waals surface area contributed by atoms with E-state index in [-0.39, 0.29) is 11.7 Å². The number of ether oxygens (including phenoxy) is 1. The van der Waals surface area contributed by atoms with Crippen molar-refractivity contribution < 1.29 is 14.6 Å². The Balaban J connectivity index is 1.35. The predicted octanol–water partition coefficient (Wildman–Crippen LogP) is 5.46. The Labute approximate surface area is 194 Å². The van der Waals surface area contributed by atoms with Crippen molar-refractivity contribution >= 4 is 44.9 Å². The average molecular weight is 464 g/mol. The standard InChI is InChI=1S/C24H21N3O3S2/c1-15(19-12-11-18(30-2)13-21(19)28)26-27-23(29)17-9-7-16(8-10-17)14-31-24-25-20-5-3-4-6-22(20)32-24/h3-13,28H,14H2,1-2H3,(H,27,29)/b26-15+. The van der Waals surface area contributed by atoms with Crippen molar-refractivity contribution in [1.82, 2.24) is 10.4 Å². The molecule has 4 rings (SSSR count). The molecule has 0 fully saturated rings. The van der Waals surface area contributed by atoms with Crippen molar-refractivity contribution in [3.8, 4) is 11.5 Å². The van der Waals surface area contributed by atoms with Gasteiger partial charge in [-0.1, -0.05) is 36.0 Å². The number of hydrazone groups is 1. The number of nitrogens with one attached hydrogen (secondary N) is 1. The second-order valence-electron chi connectivity index (χ2n) is 6.95. The van der Waals surface area contributed by atoms with E-state index in [1.807, 2.05) is 30.3 Å². The molecule has 0 atom stereocenters. The van der Waals surface area contributed by atoms with E-state index in [4.69, 9.17) is 4.74 Å². The summed E-state index contributed by atoms with van der Waals surface area (Å²) in [4.78, 5) is 17.1. The van der Waals surface area contributed by atoms with Crippen LogP contribution in [0.4, 0.5) is 0 Å². The molecule has 6 nitrogen and oxygen atoms in total. The number of nitrogens with zero attached hydrogens (tertiary/aromatic N) is 2. The first kappa shape index (κ1) is 21.9. The van der Waals surface area contributed by atoms with Crippen LogP contribution in [0.25, 0.3) is 10.2 Å². The molecule has 1 aromatic heterocycles. The number of carbonyl (C=O) groups excluding carboxylic acids is 1. The third kappa shape index (κ3) is 5.09. The van der Waals surface area contributed by atoms with Gasteiger partial charge in [-0.3, -0.25) is 4.79 Å². The SMILES string of the molecule is COc1ccc(/C(C)=N/NC(=O)c2ccc(CSc3nc4ccccc4s3)cc2)c(O)c1. The predicted molar refractivity (Wildman–Crippen MR) is 130 cm³/mol. The van der Waals surface area contributed by atoms with Crippen molar-refractivity contribution in [3.63, 3.8) is 0 Å². The van der Waals surface area contributed by atoms with Gasteiger partial charge in [0.25, 0.3) is 5.91 Å². The van der Waals surface area contributed by atoms with Gasteiger partial charge in [-0.25, -0.2) is 10.4 Å². The van der Waals surface area contributed by atoms with Gasteiger partial charge in [0, 0.05) is 22.9 Å². The number of thioether (sulfide) groups is 1. The van der Waals surface area contributed by atoms with Gasteiger partial charge in [0.1, 0.15) is 11.5 Å². The van der Waals surface area contributed by atoms with E-state index in [1.165, 1.54) is 17.9 Å². The number of methoxy groups -OCH3 is 1. The topological polar surface area (TPSA) is 83.8 Å². The summed E-state index contributed by atoms with van der Waals surface area (Å²) in [5.74, 6) is 1.04. The summed E-state index contributed by atoms with van der Waals surface area (Å²) in [7, 11) is 1.53. The molecule has 0 aliphatic rings. The number of benzene rings is 3. The van der Waals surface area contributed by atoms with Gasteiger partial charge in [0.05, 0.1) is 23.0 Å². The molecular formula is C24H21N3O3S2. The number of aromatic hydroxyl groups is 1. The molecular weight excluding hydrogens is 442 g/mol. The second-order valence-corrected chi connectivity index (χ2v) is 9.21. The highest BCUT2D eigenvalue weighted by Gasteiger charge is 2.09. The maximum Gasteiger partial charge on any atom is 0.271 e. The number of para-hydroxylation sites is 1. The first-order valence-corrected chi connectivity index (χ1v) is 11.6. The Morgan fingerprint density at radius 2 is 1.94 bits per heavy atom. The van der Waals surface area contributed by atoms with Crippen LogP contribution in [0, 0.1) is 0 Å². The summed E-state index contributed by atoms with van der Waals surface area (Å²) in [6.07, 6.45) is 0. The molecule has 0 aliphatic carbocycles. The van der Waals surface area contributed by atoms with Crippen LogP contribution in [0.15, 0.2) is 76.2 Å². The van der Waals surface area contributed by atoms with Crippen LogP contribution in [-0.2, 0) is 5.75 Å². The number of amides is 1. The highest BCUT2D eigenvalue weighted by molar-refractivity contribution is 8.00. The Morgan fingerprint density at radius 1 is 1.16 bits per heavy atom. The van der Waals surface area contributed by atoms with Gasteiger partial charge < -0.3 is 9.84 Å². The first-order valence-electron chi connectivity index (χ1n) is 9.83. The number of thiazole rings is 1. The third-order valence-electron chi connectivity index (χ3n) is 4.77. The molecule has 8 heteroatoms. The molecule has 32 heavy (non-hydrogen) atoms. The molecule has 0 unspecified atom stereocenters. The molecule has 0 aliphatic heterocycles. The van der Waals surface area contributed by atoms with Gasteiger partial charge in [-0.15, -0.1) is 11.3 Å². The quantitative estimate of drug-likeness (QED) is 0.216. The fourth-order valence-electron chi connectivity index (χ4n) is 3.01. The molecule has 3 aromatic carbocycles. The smallest absolute Gasteiger partial charge is 0.271 e. The van der Waals surface area contributed by atoms with E-state index in [0.29, 0.717) is 22.6 Å². The fraction of sp³-hybridized carbons (Fsp3) is 0.125. The fourth-order valence-corrected chi connectivity index (χ4v) is 5.04. The largest absolute Gasteiger partial charge is 0.507 e. The summed E-state index contributed by atoms with van der Waals surface area (Å²) in [5, 5.41) is 14.2. The molecule has 0 spiro atoms. The minimum atomic E-state index is -0.317. The number of aromatic nitrogens is 1. The zero-order valence-electron chi connectivity index (χ0n) is 17.5. The number of fused-ring (bicyclic) bond motifs is 1. The highest BCUT2D eigenvalue weighted by atomic mass is 32.2. The van der Waals surface area contributed by atoms with Crippen molar-refractivity contribution in [2.24, 2.45) is 5.10 Å². The normalized spacial score (nSPS) is 11.5. The zero-order chi connectivity index (χ0) is 22.5. The Bertz CT molecular complexity index is 1250. The first-order chi connectivity index (χ1) is 15.5. The second kappa shape index (κ2) is 9.84. The van der Waals surface area contributed by atoms with E-state index >= 15 is 0 Å². The van der Waals surface area contributed by atoms with Gasteiger partial charge in [0.2, 0.25) is 0 Å². The average Bonchev–Trinajstić information content (AvgIpc) is 3.24. The van der Waals surface area contributed by atoms with Crippen LogP contribution in [0.1, 0.15) is 28.4 Å². The van der Waals surface area contributed by atoms with E-state index in [9.17, 15) is 9.90 Å². The lowest BCUT2D eigenvalue weighted by molar-refractivity contribution is 0.0955. The monoisotopic (exact) mass is 463 g/mol. The number of carbonyl (C=O) groups is 1. The Hall–Kier alpha value is -3.36. The Kier molecular flexibility index (Phi) is 6.72. The maximum atomic E-state index is 12.4. The van der Waals surface area contributed by atoms with Crippen LogP contribution >= 0.6 is 23.1 Å². The number of hydrogen-bond donors (Lipinski definition) is 2. The molecule has 0 saturated heterocycles. The van der Waals surface area contributed by atoms with Crippen LogP contribution in [0.2, 0.25) is 0 Å². The van der Waals surface area contributed by atoms with E-state index in [0.717, 1.165) is 21.2 Å². The molecule has 0 bridgehead atoms. The minimum Gasteiger partial charge on any atom is -0.507 e. The van der Waals surface area contributed by atoms with E-state index in [1.54, 1.807) is 54.3 Å². The van der Waals surface area contributed by atoms with E-state index < -0.39 is 0 Å². The number of hydrogen-bond acceptors (Lipinski definition) is 7. The van der Waals surface area contributed by atoms with Gasteiger partial charge in [-0.05, 0) is 48.9 Å². The molecule has 0 radical (unpaired) electrons. The van der Waals surface area contributed by atoms with Gasteiger partial charge >= 0.3 is 0 Å². The summed E-state index contributed by atoms with van der Waals surface area (Å²) < 4.78 is 7.29. The van der Waals surface area contributed by atoms with Crippen LogP contribution in [-0.4, -0.2) is 28.8 Å². The summed E-state index contributed by atoms with van der Waals surface area (Å²) in [6, 6.07) is 20.4. The van der Waals surface area contributed by atoms with Crippen molar-refractivity contribution in [2.45, 2.75) is 17.0 Å². The lowest BCUT2D eigenvalue weighted by Gasteiger charge is -2.07. The lowest BCUT2D eigenvalue weighted by Crippen LogP contribution is -2.19. The maximum absolute atomic E-state index is 12.4. The van der Waals surface area contributed by atoms with Crippen LogP contribution in [0.5, 0.6) is 11.5 Å². The van der Waals surface area contributed by atoms with Crippen LogP contribution in [0.3, 0.4) is 0 Å². The summed E-state index contributed by atoms with van der Waals surface area (Å²) >= 11 is 3.36. The van der Waals surface area contributed by atoms with Crippen molar-refractivity contribution in [1.29, 1.82) is 0 Å². The molecule has 0 saturated carbocycles. The zero-order valence-corrected chi connectivity index (χ0v) is 19.2. The van der Waals surface area contributed by atoms with Crippen LogP contribution < -0.4 is 10.2 Å². The number of phenolic OH excluding ortho intramolecular Hbond substituents is 1. The molecule has 2 N–H and O–H groups in total.